The Balaban J connectivity index is 2.49. The van der Waals surface area contributed by atoms with E-state index in [0.717, 1.165) is 15.8 Å². The number of hydrogen-bond acceptors (Lipinski definition) is 1. The van der Waals surface area contributed by atoms with Crippen LogP contribution in [0.15, 0.2) is 40.9 Å². The second kappa shape index (κ2) is 6.92. The molecule has 20 heavy (non-hydrogen) atoms. The zero-order valence-electron chi connectivity index (χ0n) is 10.7. The van der Waals surface area contributed by atoms with E-state index < -0.39 is 0 Å². The van der Waals surface area contributed by atoms with E-state index in [-0.39, 0.29) is 10.6 Å². The van der Waals surface area contributed by atoms with Gasteiger partial charge in [0.25, 0.3) is 0 Å². The third kappa shape index (κ3) is 3.54. The van der Waals surface area contributed by atoms with Crippen LogP contribution in [-0.2, 0) is 0 Å². The summed E-state index contributed by atoms with van der Waals surface area (Å²) >= 11 is 12.9. The van der Waals surface area contributed by atoms with Crippen molar-refractivity contribution in [2.24, 2.45) is 0 Å². The first kappa shape index (κ1) is 15.8. The Kier molecular flexibility index (Phi) is 5.47. The molecule has 0 spiro atoms. The summed E-state index contributed by atoms with van der Waals surface area (Å²) < 4.78 is 20.5. The van der Waals surface area contributed by atoms with Crippen molar-refractivity contribution >= 4 is 43.5 Å². The average molecular weight is 423 g/mol. The maximum absolute atomic E-state index is 14.0. The highest BCUT2D eigenvalue weighted by molar-refractivity contribution is 9.10. The Hall–Kier alpha value is -0.580. The van der Waals surface area contributed by atoms with Crippen molar-refractivity contribution in [2.75, 3.05) is 6.61 Å². The second-order valence-corrected chi connectivity index (χ2v) is 6.41. The zero-order chi connectivity index (χ0) is 14.7. The Morgan fingerprint density at radius 3 is 2.65 bits per heavy atom. The molecule has 0 heterocycles. The molecule has 0 aliphatic carbocycles. The molecular weight excluding hydrogens is 410 g/mol. The van der Waals surface area contributed by atoms with Crippen LogP contribution in [0.5, 0.6) is 5.75 Å². The molecule has 0 saturated heterocycles. The molecule has 0 aliphatic heterocycles. The highest BCUT2D eigenvalue weighted by Gasteiger charge is 2.19. The van der Waals surface area contributed by atoms with Crippen molar-refractivity contribution in [3.8, 4) is 5.75 Å². The van der Waals surface area contributed by atoms with E-state index in [1.165, 1.54) is 12.1 Å². The van der Waals surface area contributed by atoms with E-state index in [0.29, 0.717) is 17.2 Å². The van der Waals surface area contributed by atoms with Gasteiger partial charge in [-0.15, -0.1) is 0 Å². The third-order valence-corrected chi connectivity index (χ3v) is 4.49. The highest BCUT2D eigenvalue weighted by Crippen LogP contribution is 2.39. The van der Waals surface area contributed by atoms with E-state index >= 15 is 0 Å². The lowest BCUT2D eigenvalue weighted by atomic mass is 10.0. The first-order valence-corrected chi connectivity index (χ1v) is 8.13. The summed E-state index contributed by atoms with van der Waals surface area (Å²) in [7, 11) is 0. The quantitative estimate of drug-likeness (QED) is 0.539. The Morgan fingerprint density at radius 1 is 1.20 bits per heavy atom. The third-order valence-electron chi connectivity index (χ3n) is 2.78. The number of ether oxygens (including phenoxy) is 1. The van der Waals surface area contributed by atoms with E-state index in [9.17, 15) is 4.39 Å². The van der Waals surface area contributed by atoms with Crippen LogP contribution in [0.2, 0.25) is 5.02 Å². The molecule has 0 amide bonds. The van der Waals surface area contributed by atoms with Gasteiger partial charge in [-0.3, -0.25) is 0 Å². The van der Waals surface area contributed by atoms with Crippen molar-refractivity contribution in [1.82, 2.24) is 0 Å². The van der Waals surface area contributed by atoms with Gasteiger partial charge in [-0.2, -0.15) is 0 Å². The Bertz CT molecular complexity index is 619. The summed E-state index contributed by atoms with van der Waals surface area (Å²) in [5.41, 5.74) is 1.33. The number of alkyl halides is 1. The number of benzene rings is 2. The van der Waals surface area contributed by atoms with Crippen LogP contribution in [0.3, 0.4) is 0 Å². The van der Waals surface area contributed by atoms with Gasteiger partial charge in [-0.05, 0) is 43.3 Å². The average Bonchev–Trinajstić information content (AvgIpc) is 2.43. The topological polar surface area (TPSA) is 9.23 Å². The van der Waals surface area contributed by atoms with Gasteiger partial charge in [0.2, 0.25) is 0 Å². The van der Waals surface area contributed by atoms with Gasteiger partial charge in [-0.25, -0.2) is 4.39 Å². The number of halogens is 4. The van der Waals surface area contributed by atoms with Crippen molar-refractivity contribution in [3.05, 3.63) is 62.8 Å². The fourth-order valence-electron chi connectivity index (χ4n) is 1.88. The van der Waals surface area contributed by atoms with E-state index in [4.69, 9.17) is 16.3 Å². The number of rotatable bonds is 4. The summed E-state index contributed by atoms with van der Waals surface area (Å²) in [5.74, 6) is 0.413. The first-order valence-electron chi connectivity index (χ1n) is 6.04. The molecule has 0 N–H and O–H groups in total. The van der Waals surface area contributed by atoms with Crippen molar-refractivity contribution in [2.45, 2.75) is 11.8 Å². The van der Waals surface area contributed by atoms with Gasteiger partial charge >= 0.3 is 0 Å². The van der Waals surface area contributed by atoms with Crippen LogP contribution in [0.25, 0.3) is 0 Å². The standard InChI is InChI=1S/C15H12Br2ClFO/c1-2-20-14-6-3-9(16)7-12(14)15(17)11-8-10(18)4-5-13(11)19/h3-8,15H,2H2,1H3. The summed E-state index contributed by atoms with van der Waals surface area (Å²) in [6.07, 6.45) is 0. The van der Waals surface area contributed by atoms with Gasteiger partial charge in [-0.1, -0.05) is 43.5 Å². The molecular formula is C15H12Br2ClFO. The largest absolute Gasteiger partial charge is 0.494 e. The predicted molar refractivity (Wildman–Crippen MR) is 87.5 cm³/mol. The van der Waals surface area contributed by atoms with Crippen molar-refractivity contribution in [3.63, 3.8) is 0 Å². The summed E-state index contributed by atoms with van der Waals surface area (Å²) in [5, 5.41) is 0.499. The minimum absolute atomic E-state index is 0.307. The van der Waals surface area contributed by atoms with Crippen molar-refractivity contribution < 1.29 is 9.13 Å². The van der Waals surface area contributed by atoms with Crippen LogP contribution < -0.4 is 4.74 Å². The highest BCUT2D eigenvalue weighted by atomic mass is 79.9. The molecule has 1 unspecified atom stereocenters. The Labute approximate surface area is 139 Å². The molecule has 0 fully saturated rings. The lowest BCUT2D eigenvalue weighted by molar-refractivity contribution is 0.337. The summed E-state index contributed by atoms with van der Waals surface area (Å²) in [6, 6.07) is 10.2. The maximum Gasteiger partial charge on any atom is 0.127 e. The zero-order valence-corrected chi connectivity index (χ0v) is 14.6. The van der Waals surface area contributed by atoms with Crippen LogP contribution in [0, 0.1) is 5.82 Å². The molecule has 2 rings (SSSR count). The van der Waals surface area contributed by atoms with E-state index in [1.807, 2.05) is 25.1 Å². The van der Waals surface area contributed by atoms with Crippen LogP contribution in [0.4, 0.5) is 4.39 Å². The molecule has 0 aromatic heterocycles. The molecule has 0 radical (unpaired) electrons. The normalized spacial score (nSPS) is 12.2. The number of hydrogen-bond donors (Lipinski definition) is 0. The van der Waals surface area contributed by atoms with Crippen LogP contribution in [0.1, 0.15) is 22.9 Å². The van der Waals surface area contributed by atoms with E-state index in [2.05, 4.69) is 31.9 Å². The molecule has 0 saturated carbocycles. The molecule has 5 heteroatoms. The van der Waals surface area contributed by atoms with Crippen molar-refractivity contribution in [1.29, 1.82) is 0 Å². The monoisotopic (exact) mass is 420 g/mol. The van der Waals surface area contributed by atoms with Gasteiger partial charge in [0.05, 0.1) is 11.4 Å². The molecule has 1 atom stereocenters. The first-order chi connectivity index (χ1) is 9.52. The SMILES string of the molecule is CCOc1ccc(Br)cc1C(Br)c1cc(Cl)ccc1F. The molecule has 1 nitrogen and oxygen atoms in total. The Morgan fingerprint density at radius 2 is 1.95 bits per heavy atom. The smallest absolute Gasteiger partial charge is 0.127 e. The fourth-order valence-corrected chi connectivity index (χ4v) is 3.15. The lowest BCUT2D eigenvalue weighted by Gasteiger charge is -2.17. The minimum Gasteiger partial charge on any atom is -0.494 e. The molecule has 2 aromatic carbocycles. The molecule has 106 valence electrons. The summed E-state index contributed by atoms with van der Waals surface area (Å²) in [4.78, 5) is -0.333. The summed E-state index contributed by atoms with van der Waals surface area (Å²) in [6.45, 7) is 2.46. The van der Waals surface area contributed by atoms with Crippen LogP contribution in [-0.4, -0.2) is 6.61 Å². The second-order valence-electron chi connectivity index (χ2n) is 4.14. The molecule has 0 aliphatic rings. The van der Waals surface area contributed by atoms with Crippen LogP contribution >= 0.6 is 43.5 Å². The van der Waals surface area contributed by atoms with Gasteiger partial charge < -0.3 is 4.74 Å². The van der Waals surface area contributed by atoms with Gasteiger partial charge in [0, 0.05) is 20.6 Å². The lowest BCUT2D eigenvalue weighted by Crippen LogP contribution is -2.02. The molecule has 2 aromatic rings. The molecule has 0 bridgehead atoms. The maximum atomic E-state index is 14.0. The fraction of sp³-hybridized carbons (Fsp3) is 0.200. The van der Waals surface area contributed by atoms with E-state index in [1.54, 1.807) is 6.07 Å². The van der Waals surface area contributed by atoms with Gasteiger partial charge in [0.1, 0.15) is 11.6 Å². The minimum atomic E-state index is -0.333. The predicted octanol–water partition coefficient (Wildman–Crippen LogP) is 6.12. The van der Waals surface area contributed by atoms with Gasteiger partial charge in [0.15, 0.2) is 0 Å².